The molecule has 0 radical (unpaired) electrons. The average Bonchev–Trinajstić information content (AvgIpc) is 2.60. The number of thiazole rings is 1. The first-order chi connectivity index (χ1) is 7.22. The van der Waals surface area contributed by atoms with Gasteiger partial charge in [0.2, 0.25) is 0 Å². The van der Waals surface area contributed by atoms with Crippen LogP contribution in [0.25, 0.3) is 10.4 Å². The summed E-state index contributed by atoms with van der Waals surface area (Å²) in [5.41, 5.74) is 1.19. The minimum Gasteiger partial charge on any atom is -0.295 e. The van der Waals surface area contributed by atoms with Crippen molar-refractivity contribution >= 4 is 17.6 Å². The van der Waals surface area contributed by atoms with E-state index in [1.54, 1.807) is 25.1 Å². The highest BCUT2D eigenvalue weighted by Gasteiger charge is 2.12. The van der Waals surface area contributed by atoms with Crippen LogP contribution in [0.15, 0.2) is 24.3 Å². The number of hydrogen-bond acceptors (Lipinski definition) is 3. The van der Waals surface area contributed by atoms with E-state index in [4.69, 9.17) is 0 Å². The predicted octanol–water partition coefficient (Wildman–Crippen LogP) is 3.07. The van der Waals surface area contributed by atoms with Gasteiger partial charge in [0.1, 0.15) is 5.82 Å². The maximum Gasteiger partial charge on any atom is 0.178 e. The van der Waals surface area contributed by atoms with Gasteiger partial charge in [-0.15, -0.1) is 11.3 Å². The molecule has 0 aliphatic carbocycles. The second kappa shape index (κ2) is 3.90. The van der Waals surface area contributed by atoms with E-state index in [1.165, 1.54) is 17.4 Å². The van der Waals surface area contributed by atoms with Crippen LogP contribution in [0.2, 0.25) is 0 Å². The summed E-state index contributed by atoms with van der Waals surface area (Å²) < 4.78 is 13.5. The maximum atomic E-state index is 13.5. The summed E-state index contributed by atoms with van der Waals surface area (Å²) in [6.45, 7) is 1.77. The van der Waals surface area contributed by atoms with Gasteiger partial charge in [0.05, 0.1) is 10.6 Å². The van der Waals surface area contributed by atoms with E-state index in [9.17, 15) is 9.18 Å². The van der Waals surface area contributed by atoms with E-state index in [2.05, 4.69) is 4.98 Å². The first-order valence-corrected chi connectivity index (χ1v) is 5.21. The van der Waals surface area contributed by atoms with E-state index >= 15 is 0 Å². The Morgan fingerprint density at radius 2 is 2.13 bits per heavy atom. The predicted molar refractivity (Wildman–Crippen MR) is 57.6 cm³/mol. The van der Waals surface area contributed by atoms with Gasteiger partial charge in [-0.2, -0.15) is 0 Å². The largest absolute Gasteiger partial charge is 0.295 e. The average molecular weight is 221 g/mol. The Hall–Kier alpha value is -1.55. The van der Waals surface area contributed by atoms with Crippen molar-refractivity contribution in [2.75, 3.05) is 0 Å². The van der Waals surface area contributed by atoms with Gasteiger partial charge in [-0.3, -0.25) is 4.79 Å². The Morgan fingerprint density at radius 1 is 1.40 bits per heavy atom. The molecule has 1 aromatic heterocycles. The van der Waals surface area contributed by atoms with Gasteiger partial charge in [-0.25, -0.2) is 9.37 Å². The maximum absolute atomic E-state index is 13.5. The lowest BCUT2D eigenvalue weighted by molar-refractivity contribution is 0.112. The molecule has 0 saturated heterocycles. The molecule has 0 spiro atoms. The zero-order valence-corrected chi connectivity index (χ0v) is 8.84. The van der Waals surface area contributed by atoms with Crippen molar-refractivity contribution < 1.29 is 9.18 Å². The third-order valence-corrected chi connectivity index (χ3v) is 3.15. The molecule has 76 valence electrons. The fraction of sp³-hybridized carbons (Fsp3) is 0.0909. The van der Waals surface area contributed by atoms with Gasteiger partial charge in [-0.05, 0) is 13.0 Å². The summed E-state index contributed by atoms with van der Waals surface area (Å²) in [7, 11) is 0. The molecule has 4 heteroatoms. The molecule has 0 fully saturated rings. The fourth-order valence-corrected chi connectivity index (χ4v) is 2.27. The number of carbonyl (C=O) groups is 1. The van der Waals surface area contributed by atoms with Crippen LogP contribution in [0, 0.1) is 12.7 Å². The third kappa shape index (κ3) is 1.80. The number of aldehydes is 1. The zero-order chi connectivity index (χ0) is 10.8. The molecular formula is C11H8FNOS. The monoisotopic (exact) mass is 221 g/mol. The second-order valence-corrected chi connectivity index (χ2v) is 4.09. The van der Waals surface area contributed by atoms with E-state index < -0.39 is 0 Å². The number of benzene rings is 1. The molecule has 0 saturated carbocycles. The second-order valence-electron chi connectivity index (χ2n) is 3.06. The lowest BCUT2D eigenvalue weighted by atomic mass is 10.1. The minimum absolute atomic E-state index is 0.290. The number of aryl methyl sites for hydroxylation is 1. The number of rotatable bonds is 2. The van der Waals surface area contributed by atoms with Gasteiger partial charge in [-0.1, -0.05) is 18.2 Å². The quantitative estimate of drug-likeness (QED) is 0.729. The standard InChI is InChI=1S/C11H8FNOS/c1-7-11(15-10(6-14)13-7)8-4-2-3-5-9(8)12/h2-6H,1H3. The van der Waals surface area contributed by atoms with Crippen LogP contribution in [0.3, 0.4) is 0 Å². The number of carbonyl (C=O) groups excluding carboxylic acids is 1. The normalized spacial score (nSPS) is 10.3. The molecule has 2 nitrogen and oxygen atoms in total. The van der Waals surface area contributed by atoms with Gasteiger partial charge < -0.3 is 0 Å². The Morgan fingerprint density at radius 3 is 2.73 bits per heavy atom. The lowest BCUT2D eigenvalue weighted by Gasteiger charge is -1.99. The van der Waals surface area contributed by atoms with Crippen LogP contribution in [-0.4, -0.2) is 11.3 Å². The molecular weight excluding hydrogens is 213 g/mol. The summed E-state index contributed by atoms with van der Waals surface area (Å²) in [6, 6.07) is 6.48. The Balaban J connectivity index is 2.58. The number of hydrogen-bond donors (Lipinski definition) is 0. The number of nitrogens with zero attached hydrogens (tertiary/aromatic N) is 1. The first-order valence-electron chi connectivity index (χ1n) is 4.40. The molecule has 2 aromatic rings. The number of halogens is 1. The van der Waals surface area contributed by atoms with Crippen molar-refractivity contribution in [3.8, 4) is 10.4 Å². The van der Waals surface area contributed by atoms with Crippen molar-refractivity contribution in [3.05, 3.63) is 40.8 Å². The smallest absolute Gasteiger partial charge is 0.178 e. The molecule has 0 unspecified atom stereocenters. The third-order valence-electron chi connectivity index (χ3n) is 2.03. The van der Waals surface area contributed by atoms with E-state index in [0.717, 1.165) is 4.88 Å². The molecule has 0 aliphatic rings. The molecule has 0 atom stereocenters. The Labute approximate surface area is 90.4 Å². The highest BCUT2D eigenvalue weighted by molar-refractivity contribution is 7.16. The Kier molecular flexibility index (Phi) is 2.60. The van der Waals surface area contributed by atoms with Crippen LogP contribution >= 0.6 is 11.3 Å². The highest BCUT2D eigenvalue weighted by atomic mass is 32.1. The molecule has 0 N–H and O–H groups in total. The Bertz CT molecular complexity index is 507. The highest BCUT2D eigenvalue weighted by Crippen LogP contribution is 2.30. The summed E-state index contributed by atoms with van der Waals surface area (Å²) in [5, 5.41) is 0.380. The molecule has 0 amide bonds. The summed E-state index contributed by atoms with van der Waals surface area (Å²) >= 11 is 1.21. The summed E-state index contributed by atoms with van der Waals surface area (Å²) in [5.74, 6) is -0.290. The van der Waals surface area contributed by atoms with Crippen molar-refractivity contribution in [2.45, 2.75) is 6.92 Å². The molecule has 1 heterocycles. The van der Waals surface area contributed by atoms with Crippen molar-refractivity contribution in [2.24, 2.45) is 0 Å². The summed E-state index contributed by atoms with van der Waals surface area (Å²) in [4.78, 5) is 15.3. The molecule has 1 aromatic carbocycles. The number of aromatic nitrogens is 1. The van der Waals surface area contributed by atoms with Crippen LogP contribution < -0.4 is 0 Å². The molecule has 15 heavy (non-hydrogen) atoms. The van der Waals surface area contributed by atoms with Crippen molar-refractivity contribution in [3.63, 3.8) is 0 Å². The van der Waals surface area contributed by atoms with E-state index in [1.807, 2.05) is 0 Å². The van der Waals surface area contributed by atoms with Crippen molar-refractivity contribution in [1.82, 2.24) is 4.98 Å². The van der Waals surface area contributed by atoms with Crippen LogP contribution in [0.1, 0.15) is 15.5 Å². The minimum atomic E-state index is -0.290. The van der Waals surface area contributed by atoms with Crippen LogP contribution in [-0.2, 0) is 0 Å². The topological polar surface area (TPSA) is 30.0 Å². The van der Waals surface area contributed by atoms with E-state index in [-0.39, 0.29) is 5.82 Å². The fourth-order valence-electron chi connectivity index (χ4n) is 1.36. The van der Waals surface area contributed by atoms with E-state index in [0.29, 0.717) is 22.6 Å². The van der Waals surface area contributed by atoms with Gasteiger partial charge in [0, 0.05) is 5.56 Å². The summed E-state index contributed by atoms with van der Waals surface area (Å²) in [6.07, 6.45) is 0.683. The van der Waals surface area contributed by atoms with Crippen molar-refractivity contribution in [1.29, 1.82) is 0 Å². The van der Waals surface area contributed by atoms with Crippen LogP contribution in [0.5, 0.6) is 0 Å². The first kappa shape index (κ1) is 9.98. The zero-order valence-electron chi connectivity index (χ0n) is 8.03. The van der Waals surface area contributed by atoms with Gasteiger partial charge >= 0.3 is 0 Å². The SMILES string of the molecule is Cc1nc(C=O)sc1-c1ccccc1F. The van der Waals surface area contributed by atoms with Gasteiger partial charge in [0.25, 0.3) is 0 Å². The molecule has 2 rings (SSSR count). The molecule has 0 bridgehead atoms. The lowest BCUT2D eigenvalue weighted by Crippen LogP contribution is -1.82. The van der Waals surface area contributed by atoms with Gasteiger partial charge in [0.15, 0.2) is 11.3 Å². The molecule has 0 aliphatic heterocycles. The van der Waals surface area contributed by atoms with Crippen LogP contribution in [0.4, 0.5) is 4.39 Å².